The van der Waals surface area contributed by atoms with Gasteiger partial charge in [-0.3, -0.25) is 9.89 Å². The first-order valence-corrected chi connectivity index (χ1v) is 11.0. The van der Waals surface area contributed by atoms with Crippen molar-refractivity contribution < 1.29 is 18.0 Å². The third kappa shape index (κ3) is 4.48. The molecule has 0 unspecified atom stereocenters. The van der Waals surface area contributed by atoms with E-state index in [4.69, 9.17) is 0 Å². The van der Waals surface area contributed by atoms with Crippen molar-refractivity contribution in [1.29, 1.82) is 0 Å². The summed E-state index contributed by atoms with van der Waals surface area (Å²) in [6.45, 7) is 3.96. The van der Waals surface area contributed by atoms with Gasteiger partial charge in [-0.2, -0.15) is 23.3 Å². The molecule has 1 amide bonds. The number of halogens is 3. The number of carbonyl (C=O) groups is 1. The Bertz CT molecular complexity index is 1410. The molecule has 0 aliphatic carbocycles. The Hall–Kier alpha value is -4.15. The van der Waals surface area contributed by atoms with Crippen LogP contribution in [0.4, 0.5) is 36.3 Å². The molecule has 1 aliphatic rings. The maximum absolute atomic E-state index is 12.8. The monoisotopic (exact) mass is 481 g/mol. The molecule has 0 fully saturated rings. The van der Waals surface area contributed by atoms with Gasteiger partial charge in [0, 0.05) is 30.7 Å². The lowest BCUT2D eigenvalue weighted by Crippen LogP contribution is -2.43. The summed E-state index contributed by atoms with van der Waals surface area (Å²) >= 11 is 0. The number of amides is 1. The highest BCUT2D eigenvalue weighted by Gasteiger charge is 2.43. The molecule has 0 bridgehead atoms. The van der Waals surface area contributed by atoms with Gasteiger partial charge in [-0.1, -0.05) is 24.3 Å². The quantitative estimate of drug-likeness (QED) is 0.383. The smallest absolute Gasteiger partial charge is 0.338 e. The lowest BCUT2D eigenvalue weighted by atomic mass is 9.99. The second kappa shape index (κ2) is 8.57. The third-order valence-corrected chi connectivity index (χ3v) is 6.05. The standard InChI is InChI=1S/C24H22F3N7O/c1-13-4-3-5-14(2)19(13)30-20-18-11-28-23(31-21(18)33-32-20)29-17-7-6-15-8-9-34(12-16(15)10-17)22(35)24(25,26)27/h3-7,10-11H,8-9,12H2,1-2H3,(H3,28,29,30,31,32,33). The number of aromatic nitrogens is 4. The maximum Gasteiger partial charge on any atom is 0.471 e. The summed E-state index contributed by atoms with van der Waals surface area (Å²) in [6.07, 6.45) is -2.87. The summed E-state index contributed by atoms with van der Waals surface area (Å²) in [4.78, 5) is 21.3. The Kier molecular flexibility index (Phi) is 5.54. The van der Waals surface area contributed by atoms with Gasteiger partial charge < -0.3 is 15.5 Å². The lowest BCUT2D eigenvalue weighted by molar-refractivity contribution is -0.186. The fraction of sp³-hybridized carbons (Fsp3) is 0.250. The number of hydrogen-bond donors (Lipinski definition) is 3. The number of nitrogens with zero attached hydrogens (tertiary/aromatic N) is 4. The number of aryl methyl sites for hydroxylation is 2. The number of aromatic amines is 1. The van der Waals surface area contributed by atoms with Crippen LogP contribution >= 0.6 is 0 Å². The van der Waals surface area contributed by atoms with Crippen LogP contribution in [0.3, 0.4) is 0 Å². The molecular formula is C24H22F3N7O. The minimum absolute atomic E-state index is 0.0378. The number of carbonyl (C=O) groups excluding carboxylic acids is 1. The fourth-order valence-corrected chi connectivity index (χ4v) is 4.21. The third-order valence-electron chi connectivity index (χ3n) is 6.05. The molecule has 3 heterocycles. The van der Waals surface area contributed by atoms with Gasteiger partial charge in [0.25, 0.3) is 0 Å². The van der Waals surface area contributed by atoms with Crippen molar-refractivity contribution in [3.05, 3.63) is 64.8 Å². The molecule has 3 N–H and O–H groups in total. The summed E-state index contributed by atoms with van der Waals surface area (Å²) in [5.74, 6) is -0.911. The van der Waals surface area contributed by atoms with Crippen LogP contribution in [0.25, 0.3) is 11.0 Å². The molecular weight excluding hydrogens is 459 g/mol. The van der Waals surface area contributed by atoms with E-state index in [0.29, 0.717) is 40.5 Å². The van der Waals surface area contributed by atoms with Crippen LogP contribution in [-0.2, 0) is 17.8 Å². The molecule has 5 rings (SSSR count). The van der Waals surface area contributed by atoms with Crippen molar-refractivity contribution >= 4 is 40.1 Å². The average Bonchev–Trinajstić information content (AvgIpc) is 3.22. The Balaban J connectivity index is 1.35. The molecule has 11 heteroatoms. The van der Waals surface area contributed by atoms with Gasteiger partial charge in [-0.25, -0.2) is 4.98 Å². The van der Waals surface area contributed by atoms with Gasteiger partial charge in [0.05, 0.1) is 5.39 Å². The van der Waals surface area contributed by atoms with Crippen LogP contribution < -0.4 is 10.6 Å². The van der Waals surface area contributed by atoms with E-state index < -0.39 is 12.1 Å². The molecule has 0 atom stereocenters. The van der Waals surface area contributed by atoms with Crippen LogP contribution in [0.1, 0.15) is 22.3 Å². The van der Waals surface area contributed by atoms with Crippen LogP contribution in [0, 0.1) is 13.8 Å². The van der Waals surface area contributed by atoms with Crippen LogP contribution in [0.2, 0.25) is 0 Å². The lowest BCUT2D eigenvalue weighted by Gasteiger charge is -2.29. The van der Waals surface area contributed by atoms with Crippen LogP contribution in [0.15, 0.2) is 42.6 Å². The normalized spacial score (nSPS) is 13.6. The molecule has 0 spiro atoms. The zero-order valence-electron chi connectivity index (χ0n) is 19.0. The number of alkyl halides is 3. The summed E-state index contributed by atoms with van der Waals surface area (Å²) in [5, 5.41) is 14.4. The number of anilines is 4. The van der Waals surface area contributed by atoms with Gasteiger partial charge in [-0.15, -0.1) is 0 Å². The van der Waals surface area contributed by atoms with Crippen molar-refractivity contribution in [1.82, 2.24) is 25.1 Å². The van der Waals surface area contributed by atoms with E-state index >= 15 is 0 Å². The first kappa shape index (κ1) is 22.6. The van der Waals surface area contributed by atoms with Crippen LogP contribution in [-0.4, -0.2) is 43.7 Å². The minimum Gasteiger partial charge on any atom is -0.338 e. The molecule has 4 aromatic rings. The SMILES string of the molecule is Cc1cccc(C)c1Nc1n[nH]c2nc(Nc3ccc4c(c3)CN(C(=O)C(F)(F)F)CC4)ncc12. The highest BCUT2D eigenvalue weighted by molar-refractivity contribution is 5.89. The second-order valence-electron chi connectivity index (χ2n) is 8.50. The van der Waals surface area contributed by atoms with Crippen molar-refractivity contribution in [2.45, 2.75) is 33.0 Å². The largest absolute Gasteiger partial charge is 0.471 e. The van der Waals surface area contributed by atoms with Crippen molar-refractivity contribution in [3.63, 3.8) is 0 Å². The van der Waals surface area contributed by atoms with E-state index in [2.05, 4.69) is 30.8 Å². The van der Waals surface area contributed by atoms with E-state index in [0.717, 1.165) is 27.3 Å². The highest BCUT2D eigenvalue weighted by Crippen LogP contribution is 2.29. The number of nitrogens with one attached hydrogen (secondary N) is 3. The van der Waals surface area contributed by atoms with E-state index in [-0.39, 0.29) is 13.1 Å². The molecule has 35 heavy (non-hydrogen) atoms. The van der Waals surface area contributed by atoms with E-state index in [1.807, 2.05) is 44.2 Å². The molecule has 180 valence electrons. The number of para-hydroxylation sites is 1. The topological polar surface area (TPSA) is 98.8 Å². The number of benzene rings is 2. The van der Waals surface area contributed by atoms with E-state index in [9.17, 15) is 18.0 Å². The fourth-order valence-electron chi connectivity index (χ4n) is 4.21. The summed E-state index contributed by atoms with van der Waals surface area (Å²) in [5.41, 5.74) is 5.84. The Morgan fingerprint density at radius 1 is 1.09 bits per heavy atom. The van der Waals surface area contributed by atoms with Crippen molar-refractivity contribution in [2.24, 2.45) is 0 Å². The van der Waals surface area contributed by atoms with Gasteiger partial charge in [0.15, 0.2) is 11.5 Å². The Morgan fingerprint density at radius 2 is 1.86 bits per heavy atom. The van der Waals surface area contributed by atoms with Crippen LogP contribution in [0.5, 0.6) is 0 Å². The highest BCUT2D eigenvalue weighted by atomic mass is 19.4. The predicted molar refractivity (Wildman–Crippen MR) is 126 cm³/mol. The van der Waals surface area contributed by atoms with E-state index in [1.165, 1.54) is 0 Å². The molecule has 0 saturated carbocycles. The van der Waals surface area contributed by atoms with Gasteiger partial charge in [0.1, 0.15) is 0 Å². The summed E-state index contributed by atoms with van der Waals surface area (Å²) in [7, 11) is 0. The average molecular weight is 481 g/mol. The summed E-state index contributed by atoms with van der Waals surface area (Å²) < 4.78 is 38.5. The number of fused-ring (bicyclic) bond motifs is 2. The zero-order valence-corrected chi connectivity index (χ0v) is 19.0. The zero-order chi connectivity index (χ0) is 24.7. The predicted octanol–water partition coefficient (Wildman–Crippen LogP) is 4.90. The first-order chi connectivity index (χ1) is 16.7. The van der Waals surface area contributed by atoms with Gasteiger partial charge in [0.2, 0.25) is 5.95 Å². The van der Waals surface area contributed by atoms with Crippen molar-refractivity contribution in [2.75, 3.05) is 17.2 Å². The Morgan fingerprint density at radius 3 is 2.60 bits per heavy atom. The Labute approximate surface area is 198 Å². The van der Waals surface area contributed by atoms with Gasteiger partial charge in [-0.05, 0) is 54.7 Å². The number of H-pyrrole nitrogens is 1. The number of hydrogen-bond acceptors (Lipinski definition) is 6. The molecule has 8 nitrogen and oxygen atoms in total. The van der Waals surface area contributed by atoms with E-state index in [1.54, 1.807) is 12.3 Å². The second-order valence-corrected chi connectivity index (χ2v) is 8.50. The first-order valence-electron chi connectivity index (χ1n) is 11.0. The van der Waals surface area contributed by atoms with Gasteiger partial charge >= 0.3 is 12.1 Å². The molecule has 2 aromatic carbocycles. The molecule has 1 aliphatic heterocycles. The molecule has 2 aromatic heterocycles. The molecule has 0 radical (unpaired) electrons. The maximum atomic E-state index is 12.8. The van der Waals surface area contributed by atoms with Crippen molar-refractivity contribution in [3.8, 4) is 0 Å². The minimum atomic E-state index is -4.88. The molecule has 0 saturated heterocycles. The number of rotatable bonds is 4. The summed E-state index contributed by atoms with van der Waals surface area (Å²) in [6, 6.07) is 11.4.